The second-order valence-corrected chi connectivity index (χ2v) is 5.40. The molecule has 4 nitrogen and oxygen atoms in total. The van der Waals surface area contributed by atoms with Crippen molar-refractivity contribution in [3.63, 3.8) is 0 Å². The van der Waals surface area contributed by atoms with Gasteiger partial charge in [-0.3, -0.25) is 9.97 Å². The highest BCUT2D eigenvalue weighted by Crippen LogP contribution is 2.22. The summed E-state index contributed by atoms with van der Waals surface area (Å²) in [6.07, 6.45) is 8.03. The Morgan fingerprint density at radius 3 is 2.59 bits per heavy atom. The summed E-state index contributed by atoms with van der Waals surface area (Å²) in [6.45, 7) is 0. The van der Waals surface area contributed by atoms with Crippen LogP contribution in [-0.4, -0.2) is 18.4 Å². The first-order valence-electron chi connectivity index (χ1n) is 4.96. The van der Waals surface area contributed by atoms with Gasteiger partial charge < -0.3 is 0 Å². The van der Waals surface area contributed by atoms with E-state index in [-0.39, 0.29) is 5.75 Å². The van der Waals surface area contributed by atoms with Crippen LogP contribution in [-0.2, 0) is 15.6 Å². The van der Waals surface area contributed by atoms with Crippen molar-refractivity contribution >= 4 is 9.84 Å². The lowest BCUT2D eigenvalue weighted by Gasteiger charge is -2.06. The van der Waals surface area contributed by atoms with Crippen molar-refractivity contribution in [3.05, 3.63) is 54.8 Å². The van der Waals surface area contributed by atoms with Crippen LogP contribution in [0.5, 0.6) is 0 Å². The molecule has 0 atom stereocenters. The van der Waals surface area contributed by atoms with E-state index in [2.05, 4.69) is 16.2 Å². The molecule has 0 aliphatic rings. The Balaban J connectivity index is 2.49. The van der Waals surface area contributed by atoms with Gasteiger partial charge in [-0.15, -0.1) is 0 Å². The Hall–Kier alpha value is -1.75. The van der Waals surface area contributed by atoms with E-state index in [4.69, 9.17) is 0 Å². The van der Waals surface area contributed by atoms with E-state index >= 15 is 0 Å². The minimum atomic E-state index is -3.34. The van der Waals surface area contributed by atoms with Gasteiger partial charge in [0.2, 0.25) is 0 Å². The minimum absolute atomic E-state index is 0.169. The molecule has 0 saturated carbocycles. The van der Waals surface area contributed by atoms with Crippen molar-refractivity contribution in [1.82, 2.24) is 9.97 Å². The van der Waals surface area contributed by atoms with Crippen LogP contribution in [0.2, 0.25) is 0 Å². The highest BCUT2D eigenvalue weighted by molar-refractivity contribution is 7.91. The molecule has 0 fully saturated rings. The summed E-state index contributed by atoms with van der Waals surface area (Å²) in [6, 6.07) is 7.25. The summed E-state index contributed by atoms with van der Waals surface area (Å²) in [5.74, 6) is -0.169. The van der Waals surface area contributed by atoms with Gasteiger partial charge >= 0.3 is 0 Å². The Kier molecular flexibility index (Phi) is 3.19. The van der Waals surface area contributed by atoms with Crippen molar-refractivity contribution < 1.29 is 8.42 Å². The molecule has 5 heteroatoms. The first-order valence-corrected chi connectivity index (χ1v) is 6.78. The van der Waals surface area contributed by atoms with Crippen molar-refractivity contribution in [3.8, 4) is 11.1 Å². The van der Waals surface area contributed by atoms with E-state index in [1.165, 1.54) is 0 Å². The van der Waals surface area contributed by atoms with Crippen LogP contribution >= 0.6 is 0 Å². The molecule has 1 radical (unpaired) electrons. The molecule has 2 heterocycles. The van der Waals surface area contributed by atoms with Gasteiger partial charge in [-0.05, 0) is 12.1 Å². The Bertz CT molecular complexity index is 609. The average molecular weight is 247 g/mol. The fourth-order valence-electron chi connectivity index (χ4n) is 1.55. The number of pyridine rings is 2. The van der Waals surface area contributed by atoms with Crippen LogP contribution in [0.25, 0.3) is 11.1 Å². The molecule has 2 aromatic rings. The van der Waals surface area contributed by atoms with E-state index in [0.29, 0.717) is 5.69 Å². The van der Waals surface area contributed by atoms with E-state index in [9.17, 15) is 8.42 Å². The molecular formula is C12H11N2O2S. The van der Waals surface area contributed by atoms with Crippen molar-refractivity contribution in [1.29, 1.82) is 0 Å². The second-order valence-electron chi connectivity index (χ2n) is 3.63. The van der Waals surface area contributed by atoms with E-state index in [1.54, 1.807) is 30.7 Å². The SMILES string of the molecule is [CH2]S(=O)(=O)Cc1ncccc1-c1cccnc1. The summed E-state index contributed by atoms with van der Waals surface area (Å²) in [5.41, 5.74) is 2.11. The lowest BCUT2D eigenvalue weighted by Crippen LogP contribution is -2.02. The van der Waals surface area contributed by atoms with E-state index < -0.39 is 9.84 Å². The molecule has 0 spiro atoms. The quantitative estimate of drug-likeness (QED) is 0.830. The molecule has 0 saturated heterocycles. The number of rotatable bonds is 3. The van der Waals surface area contributed by atoms with Gasteiger partial charge in [-0.2, -0.15) is 0 Å². The molecule has 0 bridgehead atoms. The summed E-state index contributed by atoms with van der Waals surface area (Å²) >= 11 is 0. The highest BCUT2D eigenvalue weighted by atomic mass is 32.2. The normalized spacial score (nSPS) is 11.4. The number of hydrogen-bond acceptors (Lipinski definition) is 4. The molecule has 0 aliphatic carbocycles. The third-order valence-electron chi connectivity index (χ3n) is 2.22. The molecular weight excluding hydrogens is 236 g/mol. The summed E-state index contributed by atoms with van der Waals surface area (Å²) in [7, 11) is -3.34. The first-order chi connectivity index (χ1) is 8.06. The lowest BCUT2D eigenvalue weighted by molar-refractivity contribution is 0.603. The number of nitrogens with zero attached hydrogens (tertiary/aromatic N) is 2. The molecule has 0 aromatic carbocycles. The van der Waals surface area contributed by atoms with Crippen LogP contribution in [0.4, 0.5) is 0 Å². The number of aromatic nitrogens is 2. The fourth-order valence-corrected chi connectivity index (χ4v) is 2.19. The summed E-state index contributed by atoms with van der Waals surface area (Å²) in [5, 5.41) is 0. The fraction of sp³-hybridized carbons (Fsp3) is 0.0833. The van der Waals surface area contributed by atoms with E-state index in [1.807, 2.05) is 12.1 Å². The molecule has 0 amide bonds. The predicted molar refractivity (Wildman–Crippen MR) is 65.4 cm³/mol. The molecule has 17 heavy (non-hydrogen) atoms. The van der Waals surface area contributed by atoms with Crippen LogP contribution < -0.4 is 0 Å². The van der Waals surface area contributed by atoms with Gasteiger partial charge in [0.25, 0.3) is 0 Å². The van der Waals surface area contributed by atoms with Crippen LogP contribution in [0.15, 0.2) is 42.9 Å². The molecule has 2 aromatic heterocycles. The smallest absolute Gasteiger partial charge is 0.157 e. The standard InChI is InChI=1S/C12H11N2O2S/c1-17(15,16)9-12-11(5-3-7-14-12)10-4-2-6-13-8-10/h2-8H,1,9H2. The third-order valence-corrected chi connectivity index (χ3v) is 2.93. The second kappa shape index (κ2) is 4.63. The zero-order chi connectivity index (χ0) is 12.3. The van der Waals surface area contributed by atoms with Crippen molar-refractivity contribution in [2.24, 2.45) is 0 Å². The minimum Gasteiger partial charge on any atom is -0.264 e. The largest absolute Gasteiger partial charge is 0.264 e. The van der Waals surface area contributed by atoms with Gasteiger partial charge in [0, 0.05) is 29.7 Å². The molecule has 0 aliphatic heterocycles. The zero-order valence-electron chi connectivity index (χ0n) is 9.07. The van der Waals surface area contributed by atoms with E-state index in [0.717, 1.165) is 11.1 Å². The summed E-state index contributed by atoms with van der Waals surface area (Å²) < 4.78 is 22.4. The average Bonchev–Trinajstić information content (AvgIpc) is 2.29. The maximum Gasteiger partial charge on any atom is 0.157 e. The Morgan fingerprint density at radius 1 is 1.18 bits per heavy atom. The first kappa shape index (κ1) is 11.7. The van der Waals surface area contributed by atoms with Crippen LogP contribution in [0.3, 0.4) is 0 Å². The zero-order valence-corrected chi connectivity index (χ0v) is 9.89. The number of sulfone groups is 1. The van der Waals surface area contributed by atoms with Crippen LogP contribution in [0.1, 0.15) is 5.69 Å². The summed E-state index contributed by atoms with van der Waals surface area (Å²) in [4.78, 5) is 8.10. The molecule has 2 rings (SSSR count). The number of hydrogen-bond donors (Lipinski definition) is 0. The van der Waals surface area contributed by atoms with Gasteiger partial charge in [0.15, 0.2) is 9.84 Å². The van der Waals surface area contributed by atoms with Crippen molar-refractivity contribution in [2.45, 2.75) is 5.75 Å². The third kappa shape index (κ3) is 3.10. The topological polar surface area (TPSA) is 59.9 Å². The van der Waals surface area contributed by atoms with Crippen molar-refractivity contribution in [2.75, 3.05) is 0 Å². The highest BCUT2D eigenvalue weighted by Gasteiger charge is 2.11. The van der Waals surface area contributed by atoms with Gasteiger partial charge in [0.05, 0.1) is 17.7 Å². The maximum atomic E-state index is 11.2. The lowest BCUT2D eigenvalue weighted by atomic mass is 10.1. The maximum absolute atomic E-state index is 11.2. The van der Waals surface area contributed by atoms with Gasteiger partial charge in [-0.1, -0.05) is 12.1 Å². The monoisotopic (exact) mass is 247 g/mol. The molecule has 0 unspecified atom stereocenters. The Labute approximate surface area is 100 Å². The molecule has 0 N–H and O–H groups in total. The predicted octanol–water partition coefficient (Wildman–Crippen LogP) is 1.85. The van der Waals surface area contributed by atoms with Crippen LogP contribution in [0, 0.1) is 6.26 Å². The Morgan fingerprint density at radius 2 is 1.94 bits per heavy atom. The van der Waals surface area contributed by atoms with Gasteiger partial charge in [0.1, 0.15) is 0 Å². The molecule has 87 valence electrons. The van der Waals surface area contributed by atoms with Gasteiger partial charge in [-0.25, -0.2) is 8.42 Å².